The van der Waals surface area contributed by atoms with Gasteiger partial charge in [0.05, 0.1) is 6.04 Å². The molecule has 0 aliphatic carbocycles. The molecule has 0 amide bonds. The Morgan fingerprint density at radius 1 is 1.50 bits per heavy atom. The monoisotopic (exact) mass is 161 g/mol. The Labute approximate surface area is 71.8 Å². The van der Waals surface area contributed by atoms with Crippen molar-refractivity contribution in [3.63, 3.8) is 0 Å². The van der Waals surface area contributed by atoms with Gasteiger partial charge in [0.2, 0.25) is 0 Å². The number of nitrogens with zero attached hydrogens (tertiary/aromatic N) is 1. The van der Waals surface area contributed by atoms with Crippen molar-refractivity contribution in [3.8, 4) is 0 Å². The van der Waals surface area contributed by atoms with Gasteiger partial charge < -0.3 is 4.79 Å². The quantitative estimate of drug-likeness (QED) is 0.580. The lowest BCUT2D eigenvalue weighted by Crippen LogP contribution is -2.17. The number of hydrogen-bond acceptors (Lipinski definition) is 2. The molecule has 1 unspecified atom stereocenters. The summed E-state index contributed by atoms with van der Waals surface area (Å²) in [5.41, 5.74) is 2.44. The van der Waals surface area contributed by atoms with Crippen LogP contribution in [-0.4, -0.2) is 18.2 Å². The number of hydrogen-bond donors (Lipinski definition) is 0. The first-order valence-electron chi connectivity index (χ1n) is 4.06. The maximum atomic E-state index is 10.7. The number of benzene rings is 1. The van der Waals surface area contributed by atoms with Crippen molar-refractivity contribution in [1.82, 2.24) is 4.90 Å². The van der Waals surface area contributed by atoms with Gasteiger partial charge in [0.15, 0.2) is 0 Å². The molecule has 0 bridgehead atoms. The Morgan fingerprint density at radius 3 is 3.00 bits per heavy atom. The van der Waals surface area contributed by atoms with Crippen LogP contribution in [0.5, 0.6) is 0 Å². The van der Waals surface area contributed by atoms with Gasteiger partial charge in [-0.3, -0.25) is 4.90 Å². The molecule has 1 aromatic carbocycles. The smallest absolute Gasteiger partial charge is 0.141 e. The van der Waals surface area contributed by atoms with Crippen LogP contribution < -0.4 is 0 Å². The van der Waals surface area contributed by atoms with E-state index < -0.39 is 0 Å². The standard InChI is InChI=1S/C10H11NO/c1-11-6-8-4-2-3-5-9(8)10(11)7-12/h2-5,7,10H,6H2,1H3. The van der Waals surface area contributed by atoms with Gasteiger partial charge in [-0.05, 0) is 18.2 Å². The van der Waals surface area contributed by atoms with Crippen LogP contribution in [0.25, 0.3) is 0 Å². The fraction of sp³-hybridized carbons (Fsp3) is 0.300. The van der Waals surface area contributed by atoms with Crippen LogP contribution in [0.4, 0.5) is 0 Å². The average molecular weight is 161 g/mol. The Bertz CT molecular complexity index is 308. The van der Waals surface area contributed by atoms with Gasteiger partial charge in [0.1, 0.15) is 6.29 Å². The summed E-state index contributed by atoms with van der Waals surface area (Å²) in [6.45, 7) is 0.888. The topological polar surface area (TPSA) is 20.3 Å². The second-order valence-electron chi connectivity index (χ2n) is 3.19. The molecule has 0 fully saturated rings. The summed E-state index contributed by atoms with van der Waals surface area (Å²) in [5, 5.41) is 0. The third-order valence-corrected chi connectivity index (χ3v) is 2.40. The highest BCUT2D eigenvalue weighted by Crippen LogP contribution is 2.29. The van der Waals surface area contributed by atoms with Crippen LogP contribution in [0.1, 0.15) is 17.2 Å². The summed E-state index contributed by atoms with van der Waals surface area (Å²) in [7, 11) is 1.97. The molecular weight excluding hydrogens is 150 g/mol. The van der Waals surface area contributed by atoms with Gasteiger partial charge in [-0.25, -0.2) is 0 Å². The number of likely N-dealkylation sites (N-methyl/N-ethyl adjacent to an activating group) is 1. The molecule has 1 atom stereocenters. The normalized spacial score (nSPS) is 22.2. The highest BCUT2D eigenvalue weighted by molar-refractivity contribution is 5.64. The van der Waals surface area contributed by atoms with Crippen molar-refractivity contribution in [3.05, 3.63) is 35.4 Å². The highest BCUT2D eigenvalue weighted by atomic mass is 16.1. The fourth-order valence-electron chi connectivity index (χ4n) is 1.75. The Kier molecular flexibility index (Phi) is 1.70. The zero-order valence-electron chi connectivity index (χ0n) is 7.03. The number of carbonyl (C=O) groups is 1. The van der Waals surface area contributed by atoms with Crippen molar-refractivity contribution in [2.24, 2.45) is 0 Å². The maximum Gasteiger partial charge on any atom is 0.141 e. The fourth-order valence-corrected chi connectivity index (χ4v) is 1.75. The van der Waals surface area contributed by atoms with Crippen molar-refractivity contribution in [2.45, 2.75) is 12.6 Å². The molecule has 0 saturated carbocycles. The SMILES string of the molecule is CN1Cc2ccccc2C1C=O. The van der Waals surface area contributed by atoms with E-state index in [1.807, 2.05) is 25.2 Å². The summed E-state index contributed by atoms with van der Waals surface area (Å²) in [6, 6.07) is 8.07. The van der Waals surface area contributed by atoms with Crippen molar-refractivity contribution < 1.29 is 4.79 Å². The van der Waals surface area contributed by atoms with Gasteiger partial charge >= 0.3 is 0 Å². The van der Waals surface area contributed by atoms with Crippen molar-refractivity contribution >= 4 is 6.29 Å². The first kappa shape index (κ1) is 7.50. The molecule has 0 saturated heterocycles. The number of aldehydes is 1. The second kappa shape index (κ2) is 2.72. The average Bonchev–Trinajstić information content (AvgIpc) is 2.40. The minimum Gasteiger partial charge on any atom is -0.301 e. The molecule has 0 spiro atoms. The lowest BCUT2D eigenvalue weighted by Gasteiger charge is -2.12. The summed E-state index contributed by atoms with van der Waals surface area (Å²) in [4.78, 5) is 12.8. The van der Waals surface area contributed by atoms with E-state index in [-0.39, 0.29) is 6.04 Å². The van der Waals surface area contributed by atoms with E-state index in [2.05, 4.69) is 11.0 Å². The van der Waals surface area contributed by atoms with E-state index in [1.165, 1.54) is 5.56 Å². The zero-order valence-corrected chi connectivity index (χ0v) is 7.03. The van der Waals surface area contributed by atoms with Crippen molar-refractivity contribution in [2.75, 3.05) is 7.05 Å². The summed E-state index contributed by atoms with van der Waals surface area (Å²) >= 11 is 0. The highest BCUT2D eigenvalue weighted by Gasteiger charge is 2.25. The molecule has 2 nitrogen and oxygen atoms in total. The predicted octanol–water partition coefficient (Wildman–Crippen LogP) is 1.37. The van der Waals surface area contributed by atoms with E-state index >= 15 is 0 Å². The number of carbonyl (C=O) groups excluding carboxylic acids is 1. The first-order valence-corrected chi connectivity index (χ1v) is 4.06. The Balaban J connectivity index is 2.47. The number of fused-ring (bicyclic) bond motifs is 1. The minimum absolute atomic E-state index is 0.0267. The van der Waals surface area contributed by atoms with E-state index in [4.69, 9.17) is 0 Å². The van der Waals surface area contributed by atoms with Crippen LogP contribution in [-0.2, 0) is 11.3 Å². The third-order valence-electron chi connectivity index (χ3n) is 2.40. The maximum absolute atomic E-state index is 10.7. The molecule has 0 radical (unpaired) electrons. The van der Waals surface area contributed by atoms with Crippen LogP contribution in [0.3, 0.4) is 0 Å². The molecule has 1 aliphatic heterocycles. The molecule has 2 rings (SSSR count). The lowest BCUT2D eigenvalue weighted by atomic mass is 10.1. The van der Waals surface area contributed by atoms with Gasteiger partial charge in [-0.1, -0.05) is 24.3 Å². The molecule has 1 heterocycles. The Morgan fingerprint density at radius 2 is 2.25 bits per heavy atom. The first-order chi connectivity index (χ1) is 5.83. The number of rotatable bonds is 1. The van der Waals surface area contributed by atoms with E-state index in [9.17, 15) is 4.79 Å². The third kappa shape index (κ3) is 0.959. The largest absolute Gasteiger partial charge is 0.301 e. The van der Waals surface area contributed by atoms with Crippen LogP contribution in [0.2, 0.25) is 0 Å². The van der Waals surface area contributed by atoms with Gasteiger partial charge in [-0.2, -0.15) is 0 Å². The van der Waals surface area contributed by atoms with E-state index in [0.717, 1.165) is 18.4 Å². The van der Waals surface area contributed by atoms with E-state index in [1.54, 1.807) is 0 Å². The van der Waals surface area contributed by atoms with Crippen LogP contribution in [0, 0.1) is 0 Å². The molecule has 1 aromatic rings. The molecule has 2 heteroatoms. The minimum atomic E-state index is -0.0267. The van der Waals surface area contributed by atoms with Crippen LogP contribution in [0.15, 0.2) is 24.3 Å². The zero-order chi connectivity index (χ0) is 8.55. The molecule has 12 heavy (non-hydrogen) atoms. The van der Waals surface area contributed by atoms with Gasteiger partial charge in [-0.15, -0.1) is 0 Å². The van der Waals surface area contributed by atoms with Crippen molar-refractivity contribution in [1.29, 1.82) is 0 Å². The molecule has 0 N–H and O–H groups in total. The molecule has 62 valence electrons. The summed E-state index contributed by atoms with van der Waals surface area (Å²) in [6.07, 6.45) is 1.01. The van der Waals surface area contributed by atoms with Gasteiger partial charge in [0, 0.05) is 6.54 Å². The summed E-state index contributed by atoms with van der Waals surface area (Å²) < 4.78 is 0. The van der Waals surface area contributed by atoms with E-state index in [0.29, 0.717) is 0 Å². The van der Waals surface area contributed by atoms with Gasteiger partial charge in [0.25, 0.3) is 0 Å². The second-order valence-corrected chi connectivity index (χ2v) is 3.19. The molecular formula is C10H11NO. The Hall–Kier alpha value is -1.15. The predicted molar refractivity (Wildman–Crippen MR) is 46.7 cm³/mol. The lowest BCUT2D eigenvalue weighted by molar-refractivity contribution is -0.111. The van der Waals surface area contributed by atoms with Crippen LogP contribution >= 0.6 is 0 Å². The molecule has 0 aromatic heterocycles. The molecule has 1 aliphatic rings. The summed E-state index contributed by atoms with van der Waals surface area (Å²) in [5.74, 6) is 0.